The second-order valence-electron chi connectivity index (χ2n) is 3.08. The third-order valence-electron chi connectivity index (χ3n) is 2.02. The topological polar surface area (TPSA) is 67.3 Å². The average Bonchev–Trinajstić information content (AvgIpc) is 2.52. The standard InChI is InChI=1S/C8H10FN3O2/c9-7-1-8(11-4-10-7)12-5-2-14-3-6(5)13/h1,4-6,13H,2-3H2,(H,10,11,12)/t5-,6-/m1/s1. The Kier molecular flexibility index (Phi) is 2.55. The molecule has 0 aliphatic carbocycles. The Bertz CT molecular complexity index is 323. The summed E-state index contributed by atoms with van der Waals surface area (Å²) in [5.41, 5.74) is 0. The summed E-state index contributed by atoms with van der Waals surface area (Å²) in [5.74, 6) is -0.247. The minimum Gasteiger partial charge on any atom is -0.388 e. The van der Waals surface area contributed by atoms with E-state index in [2.05, 4.69) is 15.3 Å². The molecule has 2 rings (SSSR count). The highest BCUT2D eigenvalue weighted by atomic mass is 19.1. The van der Waals surface area contributed by atoms with Crippen LogP contribution < -0.4 is 5.32 Å². The van der Waals surface area contributed by atoms with E-state index in [-0.39, 0.29) is 6.04 Å². The lowest BCUT2D eigenvalue weighted by Gasteiger charge is -2.14. The van der Waals surface area contributed by atoms with Crippen LogP contribution in [0.25, 0.3) is 0 Å². The number of aliphatic hydroxyl groups excluding tert-OH is 1. The minimum atomic E-state index is -0.601. The van der Waals surface area contributed by atoms with Gasteiger partial charge in [0.2, 0.25) is 5.95 Å². The fraction of sp³-hybridized carbons (Fsp3) is 0.500. The maximum absolute atomic E-state index is 12.7. The van der Waals surface area contributed by atoms with Gasteiger partial charge in [-0.15, -0.1) is 0 Å². The van der Waals surface area contributed by atoms with E-state index in [0.29, 0.717) is 19.0 Å². The number of anilines is 1. The summed E-state index contributed by atoms with van der Waals surface area (Å²) in [7, 11) is 0. The van der Waals surface area contributed by atoms with Gasteiger partial charge in [0, 0.05) is 6.07 Å². The molecule has 0 amide bonds. The molecule has 5 nitrogen and oxygen atoms in total. The first-order valence-electron chi connectivity index (χ1n) is 4.25. The van der Waals surface area contributed by atoms with Gasteiger partial charge in [-0.3, -0.25) is 0 Å². The van der Waals surface area contributed by atoms with Gasteiger partial charge in [-0.1, -0.05) is 0 Å². The molecule has 0 unspecified atom stereocenters. The van der Waals surface area contributed by atoms with Crippen LogP contribution in [0.2, 0.25) is 0 Å². The van der Waals surface area contributed by atoms with E-state index in [0.717, 1.165) is 6.33 Å². The highest BCUT2D eigenvalue weighted by Crippen LogP contribution is 2.11. The Morgan fingerprint density at radius 2 is 2.36 bits per heavy atom. The molecule has 0 bridgehead atoms. The maximum atomic E-state index is 12.7. The lowest BCUT2D eigenvalue weighted by molar-refractivity contribution is 0.125. The zero-order valence-electron chi connectivity index (χ0n) is 7.35. The highest BCUT2D eigenvalue weighted by molar-refractivity contribution is 5.34. The average molecular weight is 199 g/mol. The maximum Gasteiger partial charge on any atom is 0.217 e. The summed E-state index contributed by atoms with van der Waals surface area (Å²) in [6.07, 6.45) is 0.549. The van der Waals surface area contributed by atoms with Gasteiger partial charge < -0.3 is 15.2 Å². The minimum absolute atomic E-state index is 0.232. The van der Waals surface area contributed by atoms with Gasteiger partial charge in [-0.25, -0.2) is 9.97 Å². The Morgan fingerprint density at radius 1 is 1.50 bits per heavy atom. The molecular weight excluding hydrogens is 189 g/mol. The van der Waals surface area contributed by atoms with Gasteiger partial charge in [0.05, 0.1) is 25.4 Å². The molecule has 1 saturated heterocycles. The predicted molar refractivity (Wildman–Crippen MR) is 46.2 cm³/mol. The molecule has 76 valence electrons. The van der Waals surface area contributed by atoms with Crippen molar-refractivity contribution in [3.8, 4) is 0 Å². The molecule has 2 N–H and O–H groups in total. The van der Waals surface area contributed by atoms with Crippen molar-refractivity contribution in [2.75, 3.05) is 18.5 Å². The zero-order chi connectivity index (χ0) is 9.97. The molecule has 0 aromatic carbocycles. The number of nitrogens with one attached hydrogen (secondary N) is 1. The molecule has 2 atom stereocenters. The van der Waals surface area contributed by atoms with Crippen molar-refractivity contribution in [1.82, 2.24) is 9.97 Å². The first-order valence-corrected chi connectivity index (χ1v) is 4.25. The fourth-order valence-corrected chi connectivity index (χ4v) is 1.28. The lowest BCUT2D eigenvalue weighted by atomic mass is 10.2. The Morgan fingerprint density at radius 3 is 3.00 bits per heavy atom. The SMILES string of the molecule is O[C@@H]1COC[C@H]1Nc1cc(F)ncn1. The summed E-state index contributed by atoms with van der Waals surface area (Å²) in [6.45, 7) is 0.692. The van der Waals surface area contributed by atoms with Crippen molar-refractivity contribution in [1.29, 1.82) is 0 Å². The third-order valence-corrected chi connectivity index (χ3v) is 2.02. The van der Waals surface area contributed by atoms with Gasteiger partial charge >= 0.3 is 0 Å². The fourth-order valence-electron chi connectivity index (χ4n) is 1.28. The monoisotopic (exact) mass is 199 g/mol. The summed E-state index contributed by atoms with van der Waals surface area (Å²) in [5, 5.41) is 12.3. The van der Waals surface area contributed by atoms with Crippen LogP contribution in [0.3, 0.4) is 0 Å². The summed E-state index contributed by atoms with van der Waals surface area (Å²) in [4.78, 5) is 7.13. The number of nitrogens with zero attached hydrogens (tertiary/aromatic N) is 2. The van der Waals surface area contributed by atoms with Crippen LogP contribution in [0, 0.1) is 5.95 Å². The Balaban J connectivity index is 2.03. The molecule has 1 aliphatic rings. The molecule has 1 aromatic heterocycles. The van der Waals surface area contributed by atoms with E-state index in [4.69, 9.17) is 4.74 Å². The largest absolute Gasteiger partial charge is 0.388 e. The molecule has 1 aromatic rings. The number of aliphatic hydroxyl groups is 1. The second-order valence-corrected chi connectivity index (χ2v) is 3.08. The van der Waals surface area contributed by atoms with Gasteiger partial charge in [0.25, 0.3) is 0 Å². The molecule has 0 saturated carbocycles. The van der Waals surface area contributed by atoms with Crippen molar-refractivity contribution < 1.29 is 14.2 Å². The number of aromatic nitrogens is 2. The predicted octanol–water partition coefficient (Wildman–Crippen LogP) is -0.213. The normalized spacial score (nSPS) is 26.4. The molecule has 6 heteroatoms. The number of rotatable bonds is 2. The summed E-state index contributed by atoms with van der Waals surface area (Å²) < 4.78 is 17.7. The molecule has 0 spiro atoms. The third kappa shape index (κ3) is 1.97. The lowest BCUT2D eigenvalue weighted by Crippen LogP contribution is -2.32. The van der Waals surface area contributed by atoms with E-state index in [1.54, 1.807) is 0 Å². The van der Waals surface area contributed by atoms with Crippen molar-refractivity contribution in [2.45, 2.75) is 12.1 Å². The van der Waals surface area contributed by atoms with Gasteiger partial charge in [0.15, 0.2) is 0 Å². The van der Waals surface area contributed by atoms with E-state index in [1.807, 2.05) is 0 Å². The van der Waals surface area contributed by atoms with Crippen LogP contribution in [0.4, 0.5) is 10.2 Å². The second kappa shape index (κ2) is 3.85. The van der Waals surface area contributed by atoms with Crippen LogP contribution in [0.15, 0.2) is 12.4 Å². The molecule has 2 heterocycles. The number of hydrogen-bond acceptors (Lipinski definition) is 5. The Labute approximate surface area is 79.9 Å². The van der Waals surface area contributed by atoms with Crippen molar-refractivity contribution in [2.24, 2.45) is 0 Å². The molecular formula is C8H10FN3O2. The van der Waals surface area contributed by atoms with Gasteiger partial charge in [-0.05, 0) is 0 Å². The molecule has 14 heavy (non-hydrogen) atoms. The van der Waals surface area contributed by atoms with Gasteiger partial charge in [0.1, 0.15) is 12.1 Å². The molecule has 1 aliphatic heterocycles. The quantitative estimate of drug-likeness (QED) is 0.645. The van der Waals surface area contributed by atoms with E-state index < -0.39 is 12.1 Å². The van der Waals surface area contributed by atoms with Gasteiger partial charge in [-0.2, -0.15) is 4.39 Å². The highest BCUT2D eigenvalue weighted by Gasteiger charge is 2.26. The number of halogens is 1. The van der Waals surface area contributed by atoms with Crippen LogP contribution in [-0.2, 0) is 4.74 Å². The first-order chi connectivity index (χ1) is 6.75. The van der Waals surface area contributed by atoms with Crippen molar-refractivity contribution in [3.63, 3.8) is 0 Å². The number of hydrogen-bond donors (Lipinski definition) is 2. The van der Waals surface area contributed by atoms with Crippen LogP contribution in [0.5, 0.6) is 0 Å². The van der Waals surface area contributed by atoms with E-state index in [1.165, 1.54) is 6.07 Å². The van der Waals surface area contributed by atoms with Crippen molar-refractivity contribution >= 4 is 5.82 Å². The van der Waals surface area contributed by atoms with Crippen LogP contribution >= 0.6 is 0 Å². The van der Waals surface area contributed by atoms with E-state index in [9.17, 15) is 9.50 Å². The molecule has 0 radical (unpaired) electrons. The van der Waals surface area contributed by atoms with Crippen LogP contribution in [-0.4, -0.2) is 40.4 Å². The number of ether oxygens (including phenoxy) is 1. The summed E-state index contributed by atoms with van der Waals surface area (Å²) >= 11 is 0. The van der Waals surface area contributed by atoms with E-state index >= 15 is 0 Å². The Hall–Kier alpha value is -1.27. The molecule has 1 fully saturated rings. The summed E-state index contributed by atoms with van der Waals surface area (Å²) in [6, 6.07) is 0.940. The first kappa shape index (κ1) is 9.29. The smallest absolute Gasteiger partial charge is 0.217 e. The zero-order valence-corrected chi connectivity index (χ0v) is 7.35. The van der Waals surface area contributed by atoms with Crippen LogP contribution in [0.1, 0.15) is 0 Å². The van der Waals surface area contributed by atoms with Crippen molar-refractivity contribution in [3.05, 3.63) is 18.3 Å².